The fraction of sp³-hybridized carbons (Fsp3) is 0.125. The molecule has 5 rings (SSSR count). The number of halogens is 1. The number of aromatic nitrogens is 5. The molecule has 0 saturated carbocycles. The number of hydrogen-bond donors (Lipinski definition) is 1. The van der Waals surface area contributed by atoms with Crippen LogP contribution in [-0.4, -0.2) is 30.2 Å². The standard InChI is InChI=1S/C24H19FN6O3/c1-2-15-6-3-4-8-19(15)26-20(32)14-31-24(33)30-13-5-7-18(22(30)28-31)23-27-21(29-34-23)16-9-11-17(25)12-10-16/h3-13H,2,14H2,1H3,(H,26,32). The van der Waals surface area contributed by atoms with Gasteiger partial charge in [0.2, 0.25) is 11.7 Å². The van der Waals surface area contributed by atoms with Gasteiger partial charge in [-0.1, -0.05) is 30.3 Å². The summed E-state index contributed by atoms with van der Waals surface area (Å²) in [6, 6.07) is 16.5. The Bertz CT molecular complexity index is 1550. The van der Waals surface area contributed by atoms with Gasteiger partial charge >= 0.3 is 5.69 Å². The van der Waals surface area contributed by atoms with Crippen molar-refractivity contribution < 1.29 is 13.7 Å². The molecule has 0 spiro atoms. The molecule has 0 saturated heterocycles. The van der Waals surface area contributed by atoms with E-state index in [0.29, 0.717) is 16.8 Å². The lowest BCUT2D eigenvalue weighted by molar-refractivity contribution is -0.117. The number of benzene rings is 2. The van der Waals surface area contributed by atoms with E-state index >= 15 is 0 Å². The highest BCUT2D eigenvalue weighted by atomic mass is 19.1. The number of hydrogen-bond acceptors (Lipinski definition) is 6. The molecule has 1 amide bonds. The van der Waals surface area contributed by atoms with Crippen LogP contribution in [0.3, 0.4) is 0 Å². The van der Waals surface area contributed by atoms with E-state index in [1.807, 2.05) is 31.2 Å². The summed E-state index contributed by atoms with van der Waals surface area (Å²) in [4.78, 5) is 29.9. The van der Waals surface area contributed by atoms with Crippen LogP contribution in [-0.2, 0) is 17.8 Å². The number of anilines is 1. The normalized spacial score (nSPS) is 11.1. The molecule has 2 aromatic carbocycles. The molecule has 9 nitrogen and oxygen atoms in total. The number of carbonyl (C=O) groups excluding carboxylic acids is 1. The minimum Gasteiger partial charge on any atom is -0.333 e. The summed E-state index contributed by atoms with van der Waals surface area (Å²) < 4.78 is 21.0. The molecule has 34 heavy (non-hydrogen) atoms. The lowest BCUT2D eigenvalue weighted by atomic mass is 10.1. The highest BCUT2D eigenvalue weighted by Crippen LogP contribution is 2.24. The van der Waals surface area contributed by atoms with Crippen molar-refractivity contribution in [1.29, 1.82) is 0 Å². The minimum absolute atomic E-state index is 0.142. The Balaban J connectivity index is 1.45. The minimum atomic E-state index is -0.478. The Morgan fingerprint density at radius 3 is 2.68 bits per heavy atom. The SMILES string of the molecule is CCc1ccccc1NC(=O)Cn1nc2c(-c3nc(-c4ccc(F)cc4)no3)cccn2c1=O. The van der Waals surface area contributed by atoms with Crippen LogP contribution in [0.4, 0.5) is 10.1 Å². The molecule has 5 aromatic rings. The third-order valence-corrected chi connectivity index (χ3v) is 5.33. The van der Waals surface area contributed by atoms with Gasteiger partial charge in [0.15, 0.2) is 5.65 Å². The van der Waals surface area contributed by atoms with Crippen LogP contribution in [0.25, 0.3) is 28.5 Å². The van der Waals surface area contributed by atoms with Crippen LogP contribution in [0.1, 0.15) is 12.5 Å². The maximum absolute atomic E-state index is 13.2. The molecule has 0 aliphatic carbocycles. The number of aryl methyl sites for hydroxylation is 1. The van der Waals surface area contributed by atoms with Gasteiger partial charge in [-0.15, -0.1) is 5.10 Å². The average Bonchev–Trinajstić information content (AvgIpc) is 3.45. The molecular weight excluding hydrogens is 439 g/mol. The van der Waals surface area contributed by atoms with Crippen LogP contribution >= 0.6 is 0 Å². The maximum Gasteiger partial charge on any atom is 0.350 e. The topological polar surface area (TPSA) is 107 Å². The molecule has 3 aromatic heterocycles. The molecule has 10 heteroatoms. The number of amides is 1. The van der Waals surface area contributed by atoms with Crippen LogP contribution in [0.5, 0.6) is 0 Å². The lowest BCUT2D eigenvalue weighted by Crippen LogP contribution is -2.28. The van der Waals surface area contributed by atoms with E-state index in [0.717, 1.165) is 16.7 Å². The van der Waals surface area contributed by atoms with Crippen molar-refractivity contribution in [2.75, 3.05) is 5.32 Å². The van der Waals surface area contributed by atoms with Crippen molar-refractivity contribution in [3.8, 4) is 22.8 Å². The molecule has 170 valence electrons. The van der Waals surface area contributed by atoms with E-state index in [1.54, 1.807) is 30.5 Å². The third-order valence-electron chi connectivity index (χ3n) is 5.33. The van der Waals surface area contributed by atoms with Crippen molar-refractivity contribution in [2.45, 2.75) is 19.9 Å². The molecule has 3 heterocycles. The quantitative estimate of drug-likeness (QED) is 0.417. The second kappa shape index (κ2) is 8.74. The molecule has 0 aliphatic heterocycles. The van der Waals surface area contributed by atoms with Crippen molar-refractivity contribution in [3.63, 3.8) is 0 Å². The zero-order valence-electron chi connectivity index (χ0n) is 18.1. The number of pyridine rings is 1. The number of carbonyl (C=O) groups is 1. The first kappa shape index (κ1) is 21.3. The smallest absolute Gasteiger partial charge is 0.333 e. The zero-order chi connectivity index (χ0) is 23.7. The van der Waals surface area contributed by atoms with Gasteiger partial charge in [0.25, 0.3) is 5.89 Å². The van der Waals surface area contributed by atoms with E-state index < -0.39 is 5.69 Å². The highest BCUT2D eigenvalue weighted by molar-refractivity contribution is 5.91. The van der Waals surface area contributed by atoms with Gasteiger partial charge in [-0.2, -0.15) is 4.98 Å². The summed E-state index contributed by atoms with van der Waals surface area (Å²) in [6.45, 7) is 1.74. The Labute approximate surface area is 192 Å². The van der Waals surface area contributed by atoms with Crippen molar-refractivity contribution in [1.82, 2.24) is 24.3 Å². The van der Waals surface area contributed by atoms with E-state index in [2.05, 4.69) is 20.6 Å². The molecule has 0 bridgehead atoms. The molecule has 0 radical (unpaired) electrons. The van der Waals surface area contributed by atoms with Crippen molar-refractivity contribution >= 4 is 17.2 Å². The summed E-state index contributed by atoms with van der Waals surface area (Å²) in [5.74, 6) is -0.329. The van der Waals surface area contributed by atoms with Gasteiger partial charge in [-0.3, -0.25) is 4.79 Å². The largest absolute Gasteiger partial charge is 0.350 e. The van der Waals surface area contributed by atoms with Gasteiger partial charge in [-0.25, -0.2) is 18.3 Å². The van der Waals surface area contributed by atoms with Crippen molar-refractivity contribution in [2.24, 2.45) is 0 Å². The predicted octanol–water partition coefficient (Wildman–Crippen LogP) is 3.55. The first-order valence-corrected chi connectivity index (χ1v) is 10.6. The van der Waals surface area contributed by atoms with Gasteiger partial charge in [0.05, 0.1) is 5.56 Å². The summed E-state index contributed by atoms with van der Waals surface area (Å²) in [5, 5.41) is 11.1. The summed E-state index contributed by atoms with van der Waals surface area (Å²) in [5.41, 5.74) is 2.49. The van der Waals surface area contributed by atoms with Crippen molar-refractivity contribution in [3.05, 3.63) is 88.7 Å². The Kier molecular flexibility index (Phi) is 5.46. The number of nitrogens with one attached hydrogen (secondary N) is 1. The molecule has 0 unspecified atom stereocenters. The van der Waals surface area contributed by atoms with Crippen LogP contribution in [0, 0.1) is 5.82 Å². The number of fused-ring (bicyclic) bond motifs is 1. The summed E-state index contributed by atoms with van der Waals surface area (Å²) in [7, 11) is 0. The summed E-state index contributed by atoms with van der Waals surface area (Å²) >= 11 is 0. The molecule has 0 atom stereocenters. The first-order valence-electron chi connectivity index (χ1n) is 10.6. The molecule has 0 fully saturated rings. The monoisotopic (exact) mass is 458 g/mol. The van der Waals surface area contributed by atoms with E-state index in [4.69, 9.17) is 4.52 Å². The van der Waals surface area contributed by atoms with Crippen LogP contribution < -0.4 is 11.0 Å². The average molecular weight is 458 g/mol. The lowest BCUT2D eigenvalue weighted by Gasteiger charge is -2.09. The number of rotatable bonds is 6. The van der Waals surface area contributed by atoms with E-state index in [9.17, 15) is 14.0 Å². The first-order chi connectivity index (χ1) is 16.5. The Hall–Kier alpha value is -4.60. The van der Waals surface area contributed by atoms with Gasteiger partial charge in [0, 0.05) is 17.4 Å². The van der Waals surface area contributed by atoms with E-state index in [-0.39, 0.29) is 35.6 Å². The van der Waals surface area contributed by atoms with Crippen LogP contribution in [0.2, 0.25) is 0 Å². The number of para-hydroxylation sites is 1. The van der Waals surface area contributed by atoms with E-state index in [1.165, 1.54) is 16.5 Å². The Morgan fingerprint density at radius 1 is 1.09 bits per heavy atom. The predicted molar refractivity (Wildman–Crippen MR) is 123 cm³/mol. The molecular formula is C24H19FN6O3. The number of nitrogens with zero attached hydrogens (tertiary/aromatic N) is 5. The summed E-state index contributed by atoms with van der Waals surface area (Å²) in [6.07, 6.45) is 2.31. The third kappa shape index (κ3) is 3.96. The highest BCUT2D eigenvalue weighted by Gasteiger charge is 2.19. The van der Waals surface area contributed by atoms with Crippen LogP contribution in [0.15, 0.2) is 76.2 Å². The molecule has 0 aliphatic rings. The van der Waals surface area contributed by atoms with Gasteiger partial charge in [-0.05, 0) is 54.4 Å². The second-order valence-corrected chi connectivity index (χ2v) is 7.54. The van der Waals surface area contributed by atoms with Gasteiger partial charge in [0.1, 0.15) is 12.4 Å². The Morgan fingerprint density at radius 2 is 1.88 bits per heavy atom. The maximum atomic E-state index is 13.2. The fourth-order valence-corrected chi connectivity index (χ4v) is 3.63. The molecule has 1 N–H and O–H groups in total. The second-order valence-electron chi connectivity index (χ2n) is 7.54. The fourth-order valence-electron chi connectivity index (χ4n) is 3.63. The van der Waals surface area contributed by atoms with Gasteiger partial charge < -0.3 is 9.84 Å². The zero-order valence-corrected chi connectivity index (χ0v) is 18.1.